The van der Waals surface area contributed by atoms with Crippen molar-refractivity contribution in [3.63, 3.8) is 0 Å². The van der Waals surface area contributed by atoms with E-state index in [2.05, 4.69) is 5.32 Å². The number of nitrogens with one attached hydrogen (secondary N) is 1. The van der Waals surface area contributed by atoms with Crippen LogP contribution in [0, 0.1) is 5.82 Å². The summed E-state index contributed by atoms with van der Waals surface area (Å²) in [5.41, 5.74) is 0.0820. The van der Waals surface area contributed by atoms with Gasteiger partial charge in [-0.3, -0.25) is 4.79 Å². The Bertz CT molecular complexity index is 661. The van der Waals surface area contributed by atoms with Crippen molar-refractivity contribution < 1.29 is 18.7 Å². The lowest BCUT2D eigenvalue weighted by Gasteiger charge is -2.08. The lowest BCUT2D eigenvalue weighted by molar-refractivity contribution is -0.116. The summed E-state index contributed by atoms with van der Waals surface area (Å²) in [4.78, 5) is 11.8. The van der Waals surface area contributed by atoms with Gasteiger partial charge in [0, 0.05) is 6.42 Å². The molecule has 2 aromatic rings. The van der Waals surface area contributed by atoms with E-state index in [1.165, 1.54) is 12.1 Å². The van der Waals surface area contributed by atoms with Gasteiger partial charge in [-0.15, -0.1) is 0 Å². The minimum absolute atomic E-state index is 0.0226. The highest BCUT2D eigenvalue weighted by molar-refractivity contribution is 6.31. The first kappa shape index (κ1) is 17.1. The molecule has 2 rings (SSSR count). The van der Waals surface area contributed by atoms with Crippen molar-refractivity contribution in [1.29, 1.82) is 0 Å². The molecule has 0 aliphatic rings. The first-order valence-corrected chi connectivity index (χ1v) is 7.48. The Morgan fingerprint density at radius 3 is 2.57 bits per heavy atom. The lowest BCUT2D eigenvalue weighted by Crippen LogP contribution is -2.13. The van der Waals surface area contributed by atoms with Gasteiger partial charge in [-0.05, 0) is 42.8 Å². The van der Waals surface area contributed by atoms with Crippen LogP contribution in [-0.2, 0) is 4.79 Å². The van der Waals surface area contributed by atoms with E-state index in [-0.39, 0.29) is 23.0 Å². The van der Waals surface area contributed by atoms with Crippen molar-refractivity contribution >= 4 is 23.2 Å². The molecule has 0 unspecified atom stereocenters. The van der Waals surface area contributed by atoms with Crippen molar-refractivity contribution in [2.45, 2.75) is 12.8 Å². The molecule has 0 heterocycles. The Hall–Kier alpha value is -2.27. The highest BCUT2D eigenvalue weighted by atomic mass is 35.5. The second-order valence-electron chi connectivity index (χ2n) is 4.78. The fourth-order valence-corrected chi connectivity index (χ4v) is 2.08. The molecule has 0 aromatic heterocycles. The van der Waals surface area contributed by atoms with Crippen molar-refractivity contribution in [2.24, 2.45) is 0 Å². The maximum Gasteiger partial charge on any atom is 0.224 e. The second-order valence-corrected chi connectivity index (χ2v) is 5.18. The zero-order valence-electron chi connectivity index (χ0n) is 12.6. The molecular weight excluding hydrogens is 321 g/mol. The first-order chi connectivity index (χ1) is 11.1. The summed E-state index contributed by atoms with van der Waals surface area (Å²) in [7, 11) is 1.59. The van der Waals surface area contributed by atoms with Crippen molar-refractivity contribution in [3.05, 3.63) is 53.3 Å². The average molecular weight is 338 g/mol. The van der Waals surface area contributed by atoms with Gasteiger partial charge in [-0.1, -0.05) is 17.7 Å². The van der Waals surface area contributed by atoms with Gasteiger partial charge in [0.1, 0.15) is 11.5 Å². The van der Waals surface area contributed by atoms with E-state index in [1.54, 1.807) is 37.4 Å². The number of halogens is 2. The molecule has 1 N–H and O–H groups in total. The van der Waals surface area contributed by atoms with Crippen LogP contribution in [0.3, 0.4) is 0 Å². The smallest absolute Gasteiger partial charge is 0.224 e. The summed E-state index contributed by atoms with van der Waals surface area (Å²) >= 11 is 5.66. The van der Waals surface area contributed by atoms with Gasteiger partial charge in [0.15, 0.2) is 5.82 Å². The number of carbonyl (C=O) groups is 1. The van der Waals surface area contributed by atoms with Crippen LogP contribution in [0.4, 0.5) is 10.1 Å². The highest BCUT2D eigenvalue weighted by Crippen LogP contribution is 2.22. The van der Waals surface area contributed by atoms with E-state index in [0.717, 1.165) is 5.75 Å². The van der Waals surface area contributed by atoms with E-state index in [4.69, 9.17) is 21.1 Å². The Kier molecular flexibility index (Phi) is 6.23. The van der Waals surface area contributed by atoms with Gasteiger partial charge in [0.25, 0.3) is 0 Å². The molecule has 0 atom stereocenters. The molecule has 23 heavy (non-hydrogen) atoms. The fraction of sp³-hybridized carbons (Fsp3) is 0.235. The minimum atomic E-state index is -0.628. The van der Waals surface area contributed by atoms with Gasteiger partial charge < -0.3 is 14.8 Å². The maximum atomic E-state index is 13.7. The fourth-order valence-electron chi connectivity index (χ4n) is 1.91. The summed E-state index contributed by atoms with van der Waals surface area (Å²) in [6.45, 7) is 0.387. The minimum Gasteiger partial charge on any atom is -0.497 e. The molecule has 122 valence electrons. The number of benzene rings is 2. The van der Waals surface area contributed by atoms with Crippen LogP contribution < -0.4 is 14.8 Å². The molecule has 2 aromatic carbocycles. The second kappa shape index (κ2) is 8.39. The van der Waals surface area contributed by atoms with E-state index in [9.17, 15) is 9.18 Å². The van der Waals surface area contributed by atoms with E-state index >= 15 is 0 Å². The lowest BCUT2D eigenvalue weighted by atomic mass is 10.2. The molecule has 0 saturated heterocycles. The van der Waals surface area contributed by atoms with Crippen molar-refractivity contribution in [1.82, 2.24) is 0 Å². The predicted octanol–water partition coefficient (Wildman–Crippen LogP) is 4.29. The third kappa shape index (κ3) is 5.14. The van der Waals surface area contributed by atoms with Crippen LogP contribution in [-0.4, -0.2) is 19.6 Å². The van der Waals surface area contributed by atoms with E-state index in [0.29, 0.717) is 18.8 Å². The topological polar surface area (TPSA) is 47.6 Å². The van der Waals surface area contributed by atoms with Crippen LogP contribution in [0.15, 0.2) is 42.5 Å². The largest absolute Gasteiger partial charge is 0.497 e. The Morgan fingerprint density at radius 1 is 1.17 bits per heavy atom. The van der Waals surface area contributed by atoms with Crippen LogP contribution in [0.5, 0.6) is 11.5 Å². The van der Waals surface area contributed by atoms with Crippen LogP contribution in [0.2, 0.25) is 5.02 Å². The van der Waals surface area contributed by atoms with E-state index < -0.39 is 5.82 Å². The summed E-state index contributed by atoms with van der Waals surface area (Å²) < 4.78 is 24.2. The van der Waals surface area contributed by atoms with Gasteiger partial charge in [-0.2, -0.15) is 0 Å². The van der Waals surface area contributed by atoms with Gasteiger partial charge in [0.05, 0.1) is 24.4 Å². The molecular formula is C17H17ClFNO3. The molecule has 0 saturated carbocycles. The number of ether oxygens (including phenoxy) is 2. The monoisotopic (exact) mass is 337 g/mol. The normalized spacial score (nSPS) is 10.2. The molecule has 6 heteroatoms. The number of rotatable bonds is 7. The summed E-state index contributed by atoms with van der Waals surface area (Å²) in [5, 5.41) is 2.47. The highest BCUT2D eigenvalue weighted by Gasteiger charge is 2.09. The molecule has 0 radical (unpaired) electrons. The molecule has 4 nitrogen and oxygen atoms in total. The van der Waals surface area contributed by atoms with Gasteiger partial charge in [0.2, 0.25) is 5.91 Å². The average Bonchev–Trinajstić information content (AvgIpc) is 2.56. The van der Waals surface area contributed by atoms with Gasteiger partial charge in [-0.25, -0.2) is 4.39 Å². The van der Waals surface area contributed by atoms with Crippen LogP contribution in [0.1, 0.15) is 12.8 Å². The first-order valence-electron chi connectivity index (χ1n) is 7.11. The molecule has 0 fully saturated rings. The van der Waals surface area contributed by atoms with Crippen molar-refractivity contribution in [2.75, 3.05) is 19.0 Å². The quantitative estimate of drug-likeness (QED) is 0.767. The Labute approximate surface area is 139 Å². The number of hydrogen-bond donors (Lipinski definition) is 1. The summed E-state index contributed by atoms with van der Waals surface area (Å²) in [6.07, 6.45) is 0.738. The number of methoxy groups -OCH3 is 1. The van der Waals surface area contributed by atoms with Crippen molar-refractivity contribution in [3.8, 4) is 11.5 Å². The molecule has 0 aliphatic heterocycles. The standard InChI is InChI=1S/C17H17ClFNO3/c1-22-12-7-9-13(10-8-12)23-11-3-6-16(21)20-15-5-2-4-14(18)17(15)19/h2,4-5,7-10H,3,6,11H2,1H3,(H,20,21). The van der Waals surface area contributed by atoms with Crippen LogP contribution in [0.25, 0.3) is 0 Å². The molecule has 0 spiro atoms. The third-order valence-corrected chi connectivity index (χ3v) is 3.39. The zero-order chi connectivity index (χ0) is 16.7. The SMILES string of the molecule is COc1ccc(OCCCC(=O)Nc2cccc(Cl)c2F)cc1. The number of anilines is 1. The Balaban J connectivity index is 1.73. The van der Waals surface area contributed by atoms with E-state index in [1.807, 2.05) is 0 Å². The molecule has 0 aliphatic carbocycles. The number of hydrogen-bond acceptors (Lipinski definition) is 3. The molecule has 1 amide bonds. The van der Waals surface area contributed by atoms with Crippen LogP contribution >= 0.6 is 11.6 Å². The number of carbonyl (C=O) groups excluding carboxylic acids is 1. The molecule has 0 bridgehead atoms. The Morgan fingerprint density at radius 2 is 1.87 bits per heavy atom. The zero-order valence-corrected chi connectivity index (χ0v) is 13.4. The summed E-state index contributed by atoms with van der Waals surface area (Å²) in [6, 6.07) is 11.6. The van der Waals surface area contributed by atoms with Gasteiger partial charge >= 0.3 is 0 Å². The predicted molar refractivity (Wildman–Crippen MR) is 87.8 cm³/mol. The number of amides is 1. The maximum absolute atomic E-state index is 13.7. The summed E-state index contributed by atoms with van der Waals surface area (Å²) in [5.74, 6) is 0.536. The third-order valence-electron chi connectivity index (χ3n) is 3.10.